The molecule has 9 heteroatoms. The number of ether oxygens (including phenoxy) is 2. The van der Waals surface area contributed by atoms with Gasteiger partial charge in [-0.25, -0.2) is 9.59 Å². The van der Waals surface area contributed by atoms with Gasteiger partial charge in [0, 0.05) is 11.1 Å². The molecule has 0 bridgehead atoms. The molecule has 1 aliphatic heterocycles. The number of alkyl halides is 4. The van der Waals surface area contributed by atoms with Gasteiger partial charge in [0.15, 0.2) is 0 Å². The fourth-order valence-electron chi connectivity index (χ4n) is 1.25. The lowest BCUT2D eigenvalue weighted by atomic mass is 10.1. The standard InChI is InChI=1S/C12H12O2.C6H6F4O2.C2H4O/c1-10(12(13)14)6-5-9-11-7-3-2-4-8-11;1-3(2)4(11)12-5(7)6(8,9)10;1-2-3-1/h2-5,7-9H,1,6H2,(H,13,14);5H,1H2,2H3;1-2H2. The number of allylic oxidation sites excluding steroid dienone is 1. The van der Waals surface area contributed by atoms with Crippen molar-refractivity contribution in [2.45, 2.75) is 25.9 Å². The highest BCUT2D eigenvalue weighted by Crippen LogP contribution is 2.24. The fourth-order valence-corrected chi connectivity index (χ4v) is 1.25. The van der Waals surface area contributed by atoms with Crippen LogP contribution in [0.4, 0.5) is 17.6 Å². The molecular weight excluding hydrogens is 396 g/mol. The highest BCUT2D eigenvalue weighted by Gasteiger charge is 2.43. The molecule has 1 fully saturated rings. The number of hydrogen-bond donors (Lipinski definition) is 1. The maximum atomic E-state index is 11.9. The third-order valence-corrected chi connectivity index (χ3v) is 2.80. The molecule has 5 nitrogen and oxygen atoms in total. The molecule has 0 amide bonds. The van der Waals surface area contributed by atoms with E-state index in [0.29, 0.717) is 6.42 Å². The van der Waals surface area contributed by atoms with Crippen molar-refractivity contribution in [3.63, 3.8) is 0 Å². The fraction of sp³-hybridized carbons (Fsp3) is 0.300. The van der Waals surface area contributed by atoms with Gasteiger partial charge in [0.1, 0.15) is 0 Å². The van der Waals surface area contributed by atoms with Crippen molar-refractivity contribution >= 4 is 18.0 Å². The topological polar surface area (TPSA) is 76.1 Å². The highest BCUT2D eigenvalue weighted by molar-refractivity contribution is 5.87. The van der Waals surface area contributed by atoms with Crippen LogP contribution in [0.2, 0.25) is 0 Å². The molecule has 1 atom stereocenters. The van der Waals surface area contributed by atoms with Crippen molar-refractivity contribution in [2.24, 2.45) is 0 Å². The minimum Gasteiger partial charge on any atom is -0.478 e. The van der Waals surface area contributed by atoms with E-state index in [2.05, 4.69) is 22.6 Å². The van der Waals surface area contributed by atoms with E-state index in [4.69, 9.17) is 5.11 Å². The lowest BCUT2D eigenvalue weighted by Crippen LogP contribution is -2.29. The van der Waals surface area contributed by atoms with E-state index in [-0.39, 0.29) is 11.1 Å². The Hall–Kier alpha value is -2.94. The number of benzene rings is 1. The van der Waals surface area contributed by atoms with Crippen molar-refractivity contribution in [1.82, 2.24) is 0 Å². The van der Waals surface area contributed by atoms with Crippen molar-refractivity contribution in [3.8, 4) is 0 Å². The Morgan fingerprint density at radius 3 is 2.14 bits per heavy atom. The first-order valence-electron chi connectivity index (χ1n) is 8.22. The van der Waals surface area contributed by atoms with E-state index in [1.54, 1.807) is 6.08 Å². The van der Waals surface area contributed by atoms with Crippen LogP contribution < -0.4 is 0 Å². The van der Waals surface area contributed by atoms with Gasteiger partial charge in [0.05, 0.1) is 13.2 Å². The summed E-state index contributed by atoms with van der Waals surface area (Å²) in [5, 5.41) is 8.55. The molecule has 0 spiro atoms. The molecule has 0 aliphatic carbocycles. The van der Waals surface area contributed by atoms with Crippen molar-refractivity contribution in [2.75, 3.05) is 13.2 Å². The summed E-state index contributed by atoms with van der Waals surface area (Å²) < 4.78 is 53.9. The molecule has 160 valence electrons. The van der Waals surface area contributed by atoms with Crippen LogP contribution in [0.25, 0.3) is 6.08 Å². The number of carboxylic acid groups (broad SMARTS) is 1. The molecule has 1 aromatic carbocycles. The van der Waals surface area contributed by atoms with Crippen LogP contribution in [0.5, 0.6) is 0 Å². The SMILES string of the molecule is C1CO1.C=C(C)C(=O)OC(F)C(F)(F)F.C=C(CC=Cc1ccccc1)C(=O)O. The van der Waals surface area contributed by atoms with E-state index in [0.717, 1.165) is 25.7 Å². The molecule has 0 saturated carbocycles. The average molecular weight is 418 g/mol. The predicted molar refractivity (Wildman–Crippen MR) is 99.5 cm³/mol. The van der Waals surface area contributed by atoms with Gasteiger partial charge < -0.3 is 14.6 Å². The molecule has 2 rings (SSSR count). The van der Waals surface area contributed by atoms with E-state index >= 15 is 0 Å². The molecule has 1 unspecified atom stereocenters. The number of rotatable bonds is 6. The average Bonchev–Trinajstić information content (AvgIpc) is 3.51. The second-order valence-corrected chi connectivity index (χ2v) is 5.58. The van der Waals surface area contributed by atoms with Gasteiger partial charge in [-0.15, -0.1) is 0 Å². The summed E-state index contributed by atoms with van der Waals surface area (Å²) in [7, 11) is 0. The Morgan fingerprint density at radius 1 is 1.24 bits per heavy atom. The summed E-state index contributed by atoms with van der Waals surface area (Å²) in [6.45, 7) is 9.53. The zero-order valence-electron chi connectivity index (χ0n) is 15.7. The monoisotopic (exact) mass is 418 g/mol. The minimum absolute atomic E-state index is 0.206. The summed E-state index contributed by atoms with van der Waals surface area (Å²) in [6.07, 6.45) is -4.70. The lowest BCUT2D eigenvalue weighted by Gasteiger charge is -2.12. The molecule has 1 aliphatic rings. The normalized spacial score (nSPS) is 13.1. The Kier molecular flexibility index (Phi) is 11.9. The molecule has 1 N–H and O–H groups in total. The minimum atomic E-state index is -5.18. The number of esters is 1. The van der Waals surface area contributed by atoms with E-state index in [9.17, 15) is 27.2 Å². The predicted octanol–water partition coefficient (Wildman–Crippen LogP) is 4.71. The quantitative estimate of drug-likeness (QED) is 0.313. The summed E-state index contributed by atoms with van der Waals surface area (Å²) in [6, 6.07) is 9.73. The second kappa shape index (κ2) is 13.3. The van der Waals surface area contributed by atoms with Crippen LogP contribution >= 0.6 is 0 Å². The van der Waals surface area contributed by atoms with Gasteiger partial charge >= 0.3 is 24.5 Å². The van der Waals surface area contributed by atoms with Gasteiger partial charge in [-0.05, 0) is 18.9 Å². The van der Waals surface area contributed by atoms with Gasteiger partial charge in [-0.2, -0.15) is 17.6 Å². The molecular formula is C20H22F4O5. The van der Waals surface area contributed by atoms with Crippen molar-refractivity contribution in [1.29, 1.82) is 0 Å². The zero-order valence-corrected chi connectivity index (χ0v) is 15.7. The van der Waals surface area contributed by atoms with Gasteiger partial charge in [0.25, 0.3) is 0 Å². The van der Waals surface area contributed by atoms with Crippen LogP contribution in [0.15, 0.2) is 60.7 Å². The number of hydrogen-bond acceptors (Lipinski definition) is 4. The van der Waals surface area contributed by atoms with Crippen molar-refractivity contribution < 1.29 is 41.7 Å². The third kappa shape index (κ3) is 14.7. The van der Waals surface area contributed by atoms with Gasteiger partial charge in [-0.1, -0.05) is 55.6 Å². The van der Waals surface area contributed by atoms with Gasteiger partial charge in [0.2, 0.25) is 0 Å². The van der Waals surface area contributed by atoms with Crippen molar-refractivity contribution in [3.05, 3.63) is 66.3 Å². The highest BCUT2D eigenvalue weighted by atomic mass is 19.4. The number of carbonyl (C=O) groups excluding carboxylic acids is 1. The molecule has 1 aromatic rings. The maximum Gasteiger partial charge on any atom is 0.457 e. The van der Waals surface area contributed by atoms with E-state index < -0.39 is 24.5 Å². The van der Waals surface area contributed by atoms with Crippen LogP contribution in [-0.4, -0.2) is 42.8 Å². The lowest BCUT2D eigenvalue weighted by molar-refractivity contribution is -0.256. The third-order valence-electron chi connectivity index (χ3n) is 2.80. The summed E-state index contributed by atoms with van der Waals surface area (Å²) in [5.41, 5.74) is 0.977. The van der Waals surface area contributed by atoms with Crippen LogP contribution in [0.1, 0.15) is 18.9 Å². The Bertz CT molecular complexity index is 707. The number of aliphatic carboxylic acids is 1. The Labute approximate surface area is 165 Å². The van der Waals surface area contributed by atoms with Crippen LogP contribution in [0.3, 0.4) is 0 Å². The molecule has 1 saturated heterocycles. The number of halogens is 4. The Morgan fingerprint density at radius 2 is 1.76 bits per heavy atom. The van der Waals surface area contributed by atoms with Crippen LogP contribution in [0, 0.1) is 0 Å². The summed E-state index contributed by atoms with van der Waals surface area (Å²) >= 11 is 0. The number of carboxylic acids is 1. The number of carbonyl (C=O) groups is 2. The summed E-state index contributed by atoms with van der Waals surface area (Å²) in [5.74, 6) is -2.34. The zero-order chi connectivity index (χ0) is 22.4. The molecule has 0 aromatic heterocycles. The largest absolute Gasteiger partial charge is 0.478 e. The molecule has 29 heavy (non-hydrogen) atoms. The van der Waals surface area contributed by atoms with Gasteiger partial charge in [-0.3, -0.25) is 0 Å². The van der Waals surface area contributed by atoms with Crippen LogP contribution in [-0.2, 0) is 19.1 Å². The second-order valence-electron chi connectivity index (χ2n) is 5.58. The summed E-state index contributed by atoms with van der Waals surface area (Å²) in [4.78, 5) is 20.7. The van der Waals surface area contributed by atoms with E-state index in [1.807, 2.05) is 36.4 Å². The molecule has 0 radical (unpaired) electrons. The Balaban J connectivity index is 0.000000475. The van der Waals surface area contributed by atoms with E-state index in [1.165, 1.54) is 0 Å². The first-order chi connectivity index (χ1) is 13.4. The smallest absolute Gasteiger partial charge is 0.457 e. The maximum absolute atomic E-state index is 11.9. The molecule has 1 heterocycles. The first kappa shape index (κ1) is 26.1. The first-order valence-corrected chi connectivity index (χ1v) is 8.22. The number of epoxide rings is 1.